The van der Waals surface area contributed by atoms with E-state index in [1.165, 1.54) is 4.90 Å². The van der Waals surface area contributed by atoms with Crippen molar-refractivity contribution in [1.82, 2.24) is 0 Å². The first-order valence-electron chi connectivity index (χ1n) is 9.20. The summed E-state index contributed by atoms with van der Waals surface area (Å²) in [6.07, 6.45) is -0.410. The van der Waals surface area contributed by atoms with Gasteiger partial charge in [0.2, 0.25) is 0 Å². The lowest BCUT2D eigenvalue weighted by Crippen LogP contribution is -2.23. The number of hydrogen-bond donors (Lipinski definition) is 1. The van der Waals surface area contributed by atoms with Gasteiger partial charge in [-0.15, -0.1) is 0 Å². The van der Waals surface area contributed by atoms with E-state index in [4.69, 9.17) is 19.2 Å². The molecule has 1 fully saturated rings. The molecule has 0 unspecified atom stereocenters. The zero-order chi connectivity index (χ0) is 20.9. The van der Waals surface area contributed by atoms with Crippen LogP contribution in [-0.4, -0.2) is 25.2 Å². The summed E-state index contributed by atoms with van der Waals surface area (Å²) in [5.74, 6) is 0.578. The molecule has 0 aliphatic carbocycles. The molecular formula is C22H17N3O5. The molecule has 2 heterocycles. The van der Waals surface area contributed by atoms with Crippen LogP contribution in [0.1, 0.15) is 21.9 Å². The number of hydrogen-bond acceptors (Lipinski definition) is 6. The lowest BCUT2D eigenvalue weighted by Gasteiger charge is -2.14. The maximum absolute atomic E-state index is 12.5. The number of ether oxygens (including phenoxy) is 2. The van der Waals surface area contributed by atoms with E-state index in [0.717, 1.165) is 0 Å². The van der Waals surface area contributed by atoms with Crippen LogP contribution in [0.4, 0.5) is 16.2 Å². The van der Waals surface area contributed by atoms with Gasteiger partial charge in [0.05, 0.1) is 12.1 Å². The largest absolute Gasteiger partial charge is 0.484 e. The van der Waals surface area contributed by atoms with Gasteiger partial charge in [0.15, 0.2) is 5.76 Å². The first-order chi connectivity index (χ1) is 14.6. The summed E-state index contributed by atoms with van der Waals surface area (Å²) in [7, 11) is 0. The highest BCUT2D eigenvalue weighted by molar-refractivity contribution is 6.02. The standard InChI is InChI=1S/C22H17N3O5/c23-13-15-4-1-2-7-19(15)29-14-18-8-9-20(30-18)21(26)24-16-5-3-6-17(12-16)25-10-11-28-22(25)27/h1-9,12H,10-11,14H2,(H,24,26). The van der Waals surface area contributed by atoms with Crippen molar-refractivity contribution in [3.63, 3.8) is 0 Å². The molecular weight excluding hydrogens is 386 g/mol. The van der Waals surface area contributed by atoms with Gasteiger partial charge in [-0.2, -0.15) is 5.26 Å². The predicted molar refractivity (Wildman–Crippen MR) is 107 cm³/mol. The van der Waals surface area contributed by atoms with Crippen LogP contribution in [0, 0.1) is 11.3 Å². The first-order valence-corrected chi connectivity index (χ1v) is 9.20. The van der Waals surface area contributed by atoms with Crippen molar-refractivity contribution in [2.24, 2.45) is 0 Å². The minimum atomic E-state index is -0.431. The molecule has 1 aliphatic rings. The Bertz CT molecular complexity index is 1130. The zero-order valence-electron chi connectivity index (χ0n) is 15.8. The van der Waals surface area contributed by atoms with Crippen LogP contribution in [0.3, 0.4) is 0 Å². The Morgan fingerprint density at radius 2 is 2.03 bits per heavy atom. The van der Waals surface area contributed by atoms with Gasteiger partial charge in [0.1, 0.15) is 30.8 Å². The maximum Gasteiger partial charge on any atom is 0.414 e. The molecule has 3 aromatic rings. The number of carbonyl (C=O) groups is 2. The fraction of sp³-hybridized carbons (Fsp3) is 0.136. The number of furan rings is 1. The van der Waals surface area contributed by atoms with Crippen LogP contribution in [0.2, 0.25) is 0 Å². The maximum atomic E-state index is 12.5. The van der Waals surface area contributed by atoms with E-state index in [1.807, 2.05) is 0 Å². The average molecular weight is 403 g/mol. The highest BCUT2D eigenvalue weighted by Crippen LogP contribution is 2.23. The van der Waals surface area contributed by atoms with Crippen LogP contribution in [0.15, 0.2) is 65.1 Å². The molecule has 0 bridgehead atoms. The molecule has 2 aromatic carbocycles. The summed E-state index contributed by atoms with van der Waals surface area (Å²) in [5.41, 5.74) is 1.58. The van der Waals surface area contributed by atoms with Crippen molar-refractivity contribution >= 4 is 23.4 Å². The average Bonchev–Trinajstić information content (AvgIpc) is 3.42. The minimum Gasteiger partial charge on any atom is -0.484 e. The lowest BCUT2D eigenvalue weighted by molar-refractivity contribution is 0.0992. The summed E-state index contributed by atoms with van der Waals surface area (Å²) in [5, 5.41) is 11.8. The van der Waals surface area contributed by atoms with Gasteiger partial charge in [-0.05, 0) is 42.5 Å². The summed E-state index contributed by atoms with van der Waals surface area (Å²) in [6.45, 7) is 0.886. The molecule has 0 spiro atoms. The number of nitrogens with one attached hydrogen (secondary N) is 1. The lowest BCUT2D eigenvalue weighted by atomic mass is 10.2. The number of amides is 2. The van der Waals surface area contributed by atoms with Crippen molar-refractivity contribution in [2.45, 2.75) is 6.61 Å². The topological polar surface area (TPSA) is 105 Å². The third-order valence-electron chi connectivity index (χ3n) is 4.44. The number of nitrogens with zero attached hydrogens (tertiary/aromatic N) is 2. The molecule has 0 atom stereocenters. The van der Waals surface area contributed by atoms with Crippen LogP contribution in [0.25, 0.3) is 0 Å². The number of cyclic esters (lactones) is 1. The number of rotatable bonds is 6. The van der Waals surface area contributed by atoms with Crippen molar-refractivity contribution < 1.29 is 23.5 Å². The van der Waals surface area contributed by atoms with Crippen molar-refractivity contribution in [2.75, 3.05) is 23.4 Å². The Morgan fingerprint density at radius 3 is 2.83 bits per heavy atom. The second-order valence-corrected chi connectivity index (χ2v) is 6.43. The molecule has 1 aromatic heterocycles. The predicted octanol–water partition coefficient (Wildman–Crippen LogP) is 3.94. The molecule has 2 amide bonds. The van der Waals surface area contributed by atoms with Crippen molar-refractivity contribution in [1.29, 1.82) is 5.26 Å². The van der Waals surface area contributed by atoms with Gasteiger partial charge in [-0.25, -0.2) is 4.79 Å². The summed E-state index contributed by atoms with van der Waals surface area (Å²) in [4.78, 5) is 25.7. The highest BCUT2D eigenvalue weighted by Gasteiger charge is 2.23. The molecule has 30 heavy (non-hydrogen) atoms. The van der Waals surface area contributed by atoms with Crippen LogP contribution < -0.4 is 15.0 Å². The van der Waals surface area contributed by atoms with E-state index in [2.05, 4.69) is 11.4 Å². The molecule has 4 rings (SSSR count). The Kier molecular flexibility index (Phi) is 5.35. The van der Waals surface area contributed by atoms with Crippen LogP contribution in [-0.2, 0) is 11.3 Å². The van der Waals surface area contributed by atoms with Crippen molar-refractivity contribution in [3.05, 3.63) is 77.7 Å². The van der Waals surface area contributed by atoms with Gasteiger partial charge in [-0.1, -0.05) is 18.2 Å². The second-order valence-electron chi connectivity index (χ2n) is 6.43. The Morgan fingerprint density at radius 1 is 1.17 bits per heavy atom. The summed E-state index contributed by atoms with van der Waals surface area (Å²) < 4.78 is 16.1. The fourth-order valence-corrected chi connectivity index (χ4v) is 2.98. The Labute approximate surface area is 172 Å². The Hall–Kier alpha value is -4.25. The molecule has 8 heteroatoms. The van der Waals surface area contributed by atoms with Gasteiger partial charge < -0.3 is 19.2 Å². The number of benzene rings is 2. The van der Waals surface area contributed by atoms with Crippen LogP contribution >= 0.6 is 0 Å². The fourth-order valence-electron chi connectivity index (χ4n) is 2.98. The van der Waals surface area contributed by atoms with E-state index in [-0.39, 0.29) is 12.4 Å². The van der Waals surface area contributed by atoms with E-state index in [0.29, 0.717) is 41.6 Å². The highest BCUT2D eigenvalue weighted by atomic mass is 16.6. The van der Waals surface area contributed by atoms with Gasteiger partial charge >= 0.3 is 6.09 Å². The van der Waals surface area contributed by atoms with E-state index >= 15 is 0 Å². The quantitative estimate of drug-likeness (QED) is 0.668. The summed E-state index contributed by atoms with van der Waals surface area (Å²) in [6, 6.07) is 19.0. The minimum absolute atomic E-state index is 0.0819. The molecule has 1 saturated heterocycles. The smallest absolute Gasteiger partial charge is 0.414 e. The normalized spacial score (nSPS) is 12.9. The number of anilines is 2. The summed E-state index contributed by atoms with van der Waals surface area (Å²) >= 11 is 0. The molecule has 0 radical (unpaired) electrons. The van der Waals surface area contributed by atoms with E-state index in [9.17, 15) is 9.59 Å². The van der Waals surface area contributed by atoms with Gasteiger partial charge in [0, 0.05) is 11.4 Å². The zero-order valence-corrected chi connectivity index (χ0v) is 15.8. The number of nitriles is 1. The molecule has 0 saturated carbocycles. The Balaban J connectivity index is 1.40. The molecule has 1 aliphatic heterocycles. The number of carbonyl (C=O) groups excluding carboxylic acids is 2. The number of para-hydroxylation sites is 1. The molecule has 8 nitrogen and oxygen atoms in total. The molecule has 150 valence electrons. The monoisotopic (exact) mass is 403 g/mol. The van der Waals surface area contributed by atoms with E-state index in [1.54, 1.807) is 60.7 Å². The first kappa shape index (κ1) is 19.1. The van der Waals surface area contributed by atoms with Gasteiger partial charge in [-0.3, -0.25) is 9.69 Å². The van der Waals surface area contributed by atoms with Crippen molar-refractivity contribution in [3.8, 4) is 11.8 Å². The van der Waals surface area contributed by atoms with Gasteiger partial charge in [0.25, 0.3) is 5.91 Å². The van der Waals surface area contributed by atoms with Crippen LogP contribution in [0.5, 0.6) is 5.75 Å². The third-order valence-corrected chi connectivity index (χ3v) is 4.44. The van der Waals surface area contributed by atoms with E-state index < -0.39 is 12.0 Å². The SMILES string of the molecule is N#Cc1ccccc1OCc1ccc(C(=O)Nc2cccc(N3CCOC3=O)c2)o1. The molecule has 1 N–H and O–H groups in total. The second kappa shape index (κ2) is 8.41. The third kappa shape index (κ3) is 4.10.